The summed E-state index contributed by atoms with van der Waals surface area (Å²) in [6, 6.07) is 8.36. The van der Waals surface area contributed by atoms with Crippen molar-refractivity contribution in [1.82, 2.24) is 19.8 Å². The molecule has 1 N–H and O–H groups in total. The molecule has 2 aromatic rings. The van der Waals surface area contributed by atoms with Crippen LogP contribution in [-0.4, -0.2) is 71.2 Å². The number of hydrogen-bond donors (Lipinski definition) is 1. The van der Waals surface area contributed by atoms with E-state index in [0.717, 1.165) is 49.5 Å². The van der Waals surface area contributed by atoms with E-state index < -0.39 is 5.60 Å². The predicted molar refractivity (Wildman–Crippen MR) is 122 cm³/mol. The highest BCUT2D eigenvalue weighted by atomic mass is 16.6. The zero-order valence-corrected chi connectivity index (χ0v) is 18.9. The molecule has 2 aliphatic heterocycles. The number of carbonyl (C=O) groups is 1. The number of amides is 1. The van der Waals surface area contributed by atoms with Crippen molar-refractivity contribution >= 4 is 23.4 Å². The van der Waals surface area contributed by atoms with E-state index in [2.05, 4.69) is 45.3 Å². The zero-order chi connectivity index (χ0) is 22.0. The lowest BCUT2D eigenvalue weighted by molar-refractivity contribution is 0.0220. The number of carbonyl (C=O) groups excluding carboxylic acids is 1. The van der Waals surface area contributed by atoms with Crippen molar-refractivity contribution in [3.8, 4) is 0 Å². The van der Waals surface area contributed by atoms with Crippen molar-refractivity contribution in [3.05, 3.63) is 41.7 Å². The minimum Gasteiger partial charge on any atom is -0.444 e. The summed E-state index contributed by atoms with van der Waals surface area (Å²) in [5, 5.41) is 3.33. The van der Waals surface area contributed by atoms with Crippen LogP contribution in [-0.2, 0) is 17.7 Å². The number of piperazine rings is 1. The first-order valence-electron chi connectivity index (χ1n) is 10.9. The molecule has 0 radical (unpaired) electrons. The molecule has 1 saturated heterocycles. The lowest BCUT2D eigenvalue weighted by Gasteiger charge is -2.34. The van der Waals surface area contributed by atoms with Gasteiger partial charge in [-0.25, -0.2) is 14.8 Å². The van der Waals surface area contributed by atoms with Gasteiger partial charge in [0.1, 0.15) is 5.60 Å². The van der Waals surface area contributed by atoms with E-state index in [0.29, 0.717) is 19.0 Å². The Morgan fingerprint density at radius 1 is 1.13 bits per heavy atom. The van der Waals surface area contributed by atoms with Crippen molar-refractivity contribution in [2.24, 2.45) is 0 Å². The van der Waals surface area contributed by atoms with E-state index in [9.17, 15) is 4.79 Å². The summed E-state index contributed by atoms with van der Waals surface area (Å²) in [5.74, 6) is 0.542. The van der Waals surface area contributed by atoms with E-state index in [1.807, 2.05) is 33.0 Å². The first-order chi connectivity index (χ1) is 14.8. The average Bonchev–Trinajstić information content (AvgIpc) is 2.73. The van der Waals surface area contributed by atoms with Gasteiger partial charge in [-0.3, -0.25) is 0 Å². The monoisotopic (exact) mass is 424 g/mol. The van der Waals surface area contributed by atoms with Crippen LogP contribution in [0.2, 0.25) is 0 Å². The maximum Gasteiger partial charge on any atom is 0.410 e. The van der Waals surface area contributed by atoms with E-state index >= 15 is 0 Å². The Morgan fingerprint density at radius 2 is 1.90 bits per heavy atom. The van der Waals surface area contributed by atoms with E-state index in [4.69, 9.17) is 9.72 Å². The van der Waals surface area contributed by atoms with Gasteiger partial charge in [0.15, 0.2) is 0 Å². The fourth-order valence-corrected chi connectivity index (χ4v) is 3.82. The molecule has 8 heteroatoms. The molecule has 3 heterocycles. The SMILES string of the molecule is CN1CCN(c2cccc(Nc3ncc4c(n3)CN(C(=O)OC(C)(C)C)CC4)c2)CC1. The number of hydrogen-bond acceptors (Lipinski definition) is 7. The fourth-order valence-electron chi connectivity index (χ4n) is 3.82. The normalized spacial score (nSPS) is 17.3. The molecule has 2 aliphatic rings. The largest absolute Gasteiger partial charge is 0.444 e. The molecule has 31 heavy (non-hydrogen) atoms. The third-order valence-corrected chi connectivity index (χ3v) is 5.57. The second kappa shape index (κ2) is 8.70. The third kappa shape index (κ3) is 5.44. The molecule has 0 saturated carbocycles. The number of fused-ring (bicyclic) bond motifs is 1. The summed E-state index contributed by atoms with van der Waals surface area (Å²) in [6.45, 7) is 10.9. The Balaban J connectivity index is 1.45. The number of anilines is 3. The molecule has 0 spiro atoms. The number of ether oxygens (including phenoxy) is 1. The van der Waals surface area contributed by atoms with Crippen LogP contribution in [0.1, 0.15) is 32.0 Å². The highest BCUT2D eigenvalue weighted by Crippen LogP contribution is 2.24. The quantitative estimate of drug-likeness (QED) is 0.811. The average molecular weight is 425 g/mol. The Hall–Kier alpha value is -2.87. The molecule has 1 aromatic carbocycles. The molecule has 166 valence electrons. The van der Waals surface area contributed by atoms with Crippen LogP contribution in [0.15, 0.2) is 30.5 Å². The van der Waals surface area contributed by atoms with Crippen LogP contribution >= 0.6 is 0 Å². The van der Waals surface area contributed by atoms with Gasteiger partial charge in [-0.05, 0) is 58.0 Å². The van der Waals surface area contributed by atoms with Crippen molar-refractivity contribution < 1.29 is 9.53 Å². The van der Waals surface area contributed by atoms with Crippen LogP contribution in [0.4, 0.5) is 22.1 Å². The third-order valence-electron chi connectivity index (χ3n) is 5.57. The molecule has 1 aromatic heterocycles. The standard InChI is InChI=1S/C23H32N6O2/c1-23(2,3)31-22(30)29-9-8-17-15-24-21(26-20(17)16-29)25-18-6-5-7-19(14-18)28-12-10-27(4)11-13-28/h5-7,14-15H,8-13,16H2,1-4H3,(H,24,25,26). The first-order valence-corrected chi connectivity index (χ1v) is 10.9. The van der Waals surface area contributed by atoms with Gasteiger partial charge in [-0.2, -0.15) is 0 Å². The smallest absolute Gasteiger partial charge is 0.410 e. The van der Waals surface area contributed by atoms with Crippen molar-refractivity contribution in [1.29, 1.82) is 0 Å². The van der Waals surface area contributed by atoms with E-state index in [-0.39, 0.29) is 6.09 Å². The fraction of sp³-hybridized carbons (Fsp3) is 0.522. The molecule has 8 nitrogen and oxygen atoms in total. The minimum absolute atomic E-state index is 0.300. The Kier molecular flexibility index (Phi) is 6.00. The maximum absolute atomic E-state index is 12.4. The molecule has 1 fully saturated rings. The Bertz CT molecular complexity index is 934. The number of nitrogens with zero attached hydrogens (tertiary/aromatic N) is 5. The zero-order valence-electron chi connectivity index (χ0n) is 18.9. The second-order valence-electron chi connectivity index (χ2n) is 9.28. The molecule has 4 rings (SSSR count). The lowest BCUT2D eigenvalue weighted by Crippen LogP contribution is -2.44. The lowest BCUT2D eigenvalue weighted by atomic mass is 10.1. The summed E-state index contributed by atoms with van der Waals surface area (Å²) in [6.07, 6.45) is 2.29. The van der Waals surface area contributed by atoms with Gasteiger partial charge in [0, 0.05) is 50.3 Å². The first kappa shape index (κ1) is 21.4. The molecular weight excluding hydrogens is 392 g/mol. The Labute approximate surface area is 184 Å². The second-order valence-corrected chi connectivity index (χ2v) is 9.28. The molecule has 0 unspecified atom stereocenters. The van der Waals surface area contributed by atoms with Gasteiger partial charge < -0.3 is 24.8 Å². The number of nitrogens with one attached hydrogen (secondary N) is 1. The van der Waals surface area contributed by atoms with Gasteiger partial charge in [0.05, 0.1) is 12.2 Å². The summed E-state index contributed by atoms with van der Waals surface area (Å²) in [4.78, 5) is 28.1. The van der Waals surface area contributed by atoms with Crippen LogP contribution in [0.3, 0.4) is 0 Å². The Morgan fingerprint density at radius 3 is 2.65 bits per heavy atom. The van der Waals surface area contributed by atoms with Gasteiger partial charge in [-0.15, -0.1) is 0 Å². The predicted octanol–water partition coefficient (Wildman–Crippen LogP) is 3.27. The number of rotatable bonds is 3. The topological polar surface area (TPSA) is 73.8 Å². The van der Waals surface area contributed by atoms with Crippen LogP contribution in [0.5, 0.6) is 0 Å². The van der Waals surface area contributed by atoms with Gasteiger partial charge in [0.2, 0.25) is 5.95 Å². The highest BCUT2D eigenvalue weighted by Gasteiger charge is 2.27. The van der Waals surface area contributed by atoms with Crippen molar-refractivity contribution in [2.75, 3.05) is 50.0 Å². The van der Waals surface area contributed by atoms with Gasteiger partial charge in [0.25, 0.3) is 0 Å². The number of benzene rings is 1. The van der Waals surface area contributed by atoms with Crippen LogP contribution in [0, 0.1) is 0 Å². The summed E-state index contributed by atoms with van der Waals surface area (Å²) >= 11 is 0. The van der Waals surface area contributed by atoms with Gasteiger partial charge >= 0.3 is 6.09 Å². The molecular formula is C23H32N6O2. The van der Waals surface area contributed by atoms with Crippen molar-refractivity contribution in [3.63, 3.8) is 0 Å². The highest BCUT2D eigenvalue weighted by molar-refractivity contribution is 5.68. The number of aromatic nitrogens is 2. The molecule has 0 atom stereocenters. The minimum atomic E-state index is -0.509. The van der Waals surface area contributed by atoms with Gasteiger partial charge in [-0.1, -0.05) is 6.07 Å². The molecule has 0 bridgehead atoms. The summed E-state index contributed by atoms with van der Waals surface area (Å²) in [7, 11) is 2.16. The van der Waals surface area contributed by atoms with Crippen LogP contribution < -0.4 is 10.2 Å². The number of likely N-dealkylation sites (N-methyl/N-ethyl adjacent to an activating group) is 1. The molecule has 0 aliphatic carbocycles. The summed E-state index contributed by atoms with van der Waals surface area (Å²) < 4.78 is 5.52. The van der Waals surface area contributed by atoms with Crippen LogP contribution in [0.25, 0.3) is 0 Å². The molecule has 1 amide bonds. The maximum atomic E-state index is 12.4. The summed E-state index contributed by atoms with van der Waals surface area (Å²) in [5.41, 5.74) is 3.59. The van der Waals surface area contributed by atoms with E-state index in [1.165, 1.54) is 5.69 Å². The van der Waals surface area contributed by atoms with Crippen molar-refractivity contribution in [2.45, 2.75) is 39.3 Å². The van der Waals surface area contributed by atoms with E-state index in [1.54, 1.807) is 4.90 Å².